The molecule has 21 heavy (non-hydrogen) atoms. The van der Waals surface area contributed by atoms with E-state index in [1.54, 1.807) is 0 Å². The van der Waals surface area contributed by atoms with E-state index in [0.29, 0.717) is 19.0 Å². The molecule has 0 radical (unpaired) electrons. The second kappa shape index (κ2) is 8.03. The van der Waals surface area contributed by atoms with Crippen LogP contribution in [0, 0.1) is 5.92 Å². The van der Waals surface area contributed by atoms with Gasteiger partial charge >= 0.3 is 6.03 Å². The van der Waals surface area contributed by atoms with Crippen molar-refractivity contribution in [1.82, 2.24) is 10.6 Å². The van der Waals surface area contributed by atoms with Gasteiger partial charge in [-0.05, 0) is 43.6 Å². The average Bonchev–Trinajstić information content (AvgIpc) is 2.50. The Hall–Kier alpha value is -1.55. The Kier molecular flexibility index (Phi) is 6.05. The lowest BCUT2D eigenvalue weighted by molar-refractivity contribution is 0.166. The highest BCUT2D eigenvalue weighted by Crippen LogP contribution is 2.23. The summed E-state index contributed by atoms with van der Waals surface area (Å²) in [5.74, 6) is 0.784. The number of carbonyl (C=O) groups is 1. The van der Waals surface area contributed by atoms with Gasteiger partial charge in [0.05, 0.1) is 6.10 Å². The smallest absolute Gasteiger partial charge is 0.315 e. The summed E-state index contributed by atoms with van der Waals surface area (Å²) in [6, 6.07) is 9.72. The third-order valence-electron chi connectivity index (χ3n) is 4.24. The lowest BCUT2D eigenvalue weighted by Crippen LogP contribution is -2.43. The summed E-state index contributed by atoms with van der Waals surface area (Å²) in [5, 5.41) is 15.9. The van der Waals surface area contributed by atoms with E-state index in [1.807, 2.05) is 30.3 Å². The van der Waals surface area contributed by atoms with Crippen molar-refractivity contribution in [2.75, 3.05) is 6.54 Å². The molecule has 1 aliphatic rings. The monoisotopic (exact) mass is 290 g/mol. The minimum atomic E-state index is -0.526. The van der Waals surface area contributed by atoms with Crippen LogP contribution in [0.15, 0.2) is 30.3 Å². The van der Waals surface area contributed by atoms with Gasteiger partial charge in [0, 0.05) is 12.6 Å². The maximum absolute atomic E-state index is 11.8. The molecule has 1 aromatic carbocycles. The van der Waals surface area contributed by atoms with Crippen molar-refractivity contribution in [2.24, 2.45) is 5.92 Å². The van der Waals surface area contributed by atoms with Gasteiger partial charge in [-0.2, -0.15) is 0 Å². The second-order valence-electron chi connectivity index (χ2n) is 6.07. The Balaban J connectivity index is 1.63. The summed E-state index contributed by atoms with van der Waals surface area (Å²) in [5.41, 5.74) is 0.890. The summed E-state index contributed by atoms with van der Waals surface area (Å²) in [6.07, 6.45) is 4.53. The van der Waals surface area contributed by atoms with Gasteiger partial charge in [-0.1, -0.05) is 37.3 Å². The molecular formula is C17H26N2O2. The van der Waals surface area contributed by atoms with Crippen LogP contribution < -0.4 is 10.6 Å². The molecule has 2 rings (SSSR count). The minimum Gasteiger partial charge on any atom is -0.388 e. The maximum Gasteiger partial charge on any atom is 0.315 e. The van der Waals surface area contributed by atoms with Gasteiger partial charge in [0.1, 0.15) is 0 Å². The van der Waals surface area contributed by atoms with Gasteiger partial charge in [0.25, 0.3) is 0 Å². The molecule has 0 heterocycles. The molecule has 0 aliphatic heterocycles. The van der Waals surface area contributed by atoms with E-state index in [-0.39, 0.29) is 6.03 Å². The van der Waals surface area contributed by atoms with Gasteiger partial charge in [-0.15, -0.1) is 0 Å². The van der Waals surface area contributed by atoms with E-state index < -0.39 is 6.10 Å². The number of urea groups is 1. The van der Waals surface area contributed by atoms with Crippen LogP contribution in [0.25, 0.3) is 0 Å². The molecular weight excluding hydrogens is 264 g/mol. The highest BCUT2D eigenvalue weighted by atomic mass is 16.3. The van der Waals surface area contributed by atoms with Crippen LogP contribution in [0.4, 0.5) is 4.79 Å². The van der Waals surface area contributed by atoms with Crippen LogP contribution in [0.3, 0.4) is 0 Å². The molecule has 3 N–H and O–H groups in total. The number of aliphatic hydroxyl groups is 1. The van der Waals surface area contributed by atoms with Crippen molar-refractivity contribution in [1.29, 1.82) is 0 Å². The minimum absolute atomic E-state index is 0.116. The molecule has 4 nitrogen and oxygen atoms in total. The van der Waals surface area contributed by atoms with E-state index in [2.05, 4.69) is 17.6 Å². The van der Waals surface area contributed by atoms with Gasteiger partial charge in [0.2, 0.25) is 0 Å². The van der Waals surface area contributed by atoms with E-state index in [9.17, 15) is 9.90 Å². The Morgan fingerprint density at radius 1 is 1.24 bits per heavy atom. The Morgan fingerprint density at radius 3 is 2.57 bits per heavy atom. The van der Waals surface area contributed by atoms with Crippen LogP contribution >= 0.6 is 0 Å². The number of carbonyl (C=O) groups excluding carboxylic acids is 1. The fraction of sp³-hybridized carbons (Fsp3) is 0.588. The highest BCUT2D eigenvalue weighted by Gasteiger charge is 2.19. The van der Waals surface area contributed by atoms with Crippen LogP contribution in [0.2, 0.25) is 0 Å². The van der Waals surface area contributed by atoms with Gasteiger partial charge in [-0.3, -0.25) is 0 Å². The van der Waals surface area contributed by atoms with Crippen molar-refractivity contribution >= 4 is 6.03 Å². The molecule has 1 saturated carbocycles. The van der Waals surface area contributed by atoms with Crippen molar-refractivity contribution in [3.8, 4) is 0 Å². The predicted octanol–water partition coefficient (Wildman–Crippen LogP) is 2.99. The number of hydrogen-bond donors (Lipinski definition) is 3. The molecule has 1 fully saturated rings. The first-order chi connectivity index (χ1) is 10.1. The standard InChI is InChI=1S/C17H26N2O2/c1-13-7-9-15(10-8-13)19-17(21)18-12-11-16(20)14-5-3-2-4-6-14/h2-6,13,15-16,20H,7-12H2,1H3,(H2,18,19,21). The SMILES string of the molecule is CC1CCC(NC(=O)NCCC(O)c2ccccc2)CC1. The van der Waals surface area contributed by atoms with Crippen molar-refractivity contribution in [2.45, 2.75) is 51.2 Å². The molecule has 2 amide bonds. The van der Waals surface area contributed by atoms with Crippen LogP contribution in [0.1, 0.15) is 50.7 Å². The quantitative estimate of drug-likeness (QED) is 0.780. The van der Waals surface area contributed by atoms with E-state index >= 15 is 0 Å². The van der Waals surface area contributed by atoms with Gasteiger partial charge in [0.15, 0.2) is 0 Å². The van der Waals surface area contributed by atoms with Gasteiger partial charge < -0.3 is 15.7 Å². The van der Waals surface area contributed by atoms with E-state index in [4.69, 9.17) is 0 Å². The first-order valence-corrected chi connectivity index (χ1v) is 7.92. The summed E-state index contributed by atoms with van der Waals surface area (Å²) in [6.45, 7) is 2.74. The zero-order valence-electron chi connectivity index (χ0n) is 12.7. The molecule has 1 aliphatic carbocycles. The normalized spacial score (nSPS) is 23.3. The van der Waals surface area contributed by atoms with Crippen LogP contribution in [-0.4, -0.2) is 23.7 Å². The average molecular weight is 290 g/mol. The maximum atomic E-state index is 11.8. The molecule has 116 valence electrons. The Bertz CT molecular complexity index is 428. The summed E-state index contributed by atoms with van der Waals surface area (Å²) in [7, 11) is 0. The summed E-state index contributed by atoms with van der Waals surface area (Å²) < 4.78 is 0. The number of amides is 2. The third-order valence-corrected chi connectivity index (χ3v) is 4.24. The van der Waals surface area contributed by atoms with E-state index in [1.165, 1.54) is 12.8 Å². The molecule has 1 atom stereocenters. The number of rotatable bonds is 5. The molecule has 0 bridgehead atoms. The molecule has 0 saturated heterocycles. The lowest BCUT2D eigenvalue weighted by Gasteiger charge is -2.27. The number of nitrogens with one attached hydrogen (secondary N) is 2. The predicted molar refractivity (Wildman–Crippen MR) is 84.0 cm³/mol. The largest absolute Gasteiger partial charge is 0.388 e. The molecule has 0 aromatic heterocycles. The first-order valence-electron chi connectivity index (χ1n) is 7.92. The Morgan fingerprint density at radius 2 is 1.90 bits per heavy atom. The van der Waals surface area contributed by atoms with Crippen LogP contribution in [0.5, 0.6) is 0 Å². The van der Waals surface area contributed by atoms with Crippen molar-refractivity contribution in [3.63, 3.8) is 0 Å². The number of hydrogen-bond acceptors (Lipinski definition) is 2. The molecule has 1 aromatic rings. The fourth-order valence-electron chi connectivity index (χ4n) is 2.81. The zero-order valence-corrected chi connectivity index (χ0v) is 12.7. The summed E-state index contributed by atoms with van der Waals surface area (Å²) in [4.78, 5) is 11.8. The molecule has 4 heteroatoms. The molecule has 1 unspecified atom stereocenters. The number of benzene rings is 1. The lowest BCUT2D eigenvalue weighted by atomic mass is 9.87. The molecule has 0 spiro atoms. The summed E-state index contributed by atoms with van der Waals surface area (Å²) >= 11 is 0. The third kappa shape index (κ3) is 5.38. The van der Waals surface area contributed by atoms with E-state index in [0.717, 1.165) is 24.3 Å². The zero-order chi connectivity index (χ0) is 15.1. The Labute approximate surface area is 126 Å². The second-order valence-corrected chi connectivity index (χ2v) is 6.07. The highest BCUT2D eigenvalue weighted by molar-refractivity contribution is 5.74. The van der Waals surface area contributed by atoms with Crippen molar-refractivity contribution < 1.29 is 9.90 Å². The van der Waals surface area contributed by atoms with Gasteiger partial charge in [-0.25, -0.2) is 4.79 Å². The topological polar surface area (TPSA) is 61.4 Å². The number of aliphatic hydroxyl groups excluding tert-OH is 1. The fourth-order valence-corrected chi connectivity index (χ4v) is 2.81. The van der Waals surface area contributed by atoms with Crippen molar-refractivity contribution in [3.05, 3.63) is 35.9 Å². The first kappa shape index (κ1) is 15.8. The van der Waals surface area contributed by atoms with Crippen LogP contribution in [-0.2, 0) is 0 Å².